The van der Waals surface area contributed by atoms with E-state index in [-0.39, 0.29) is 0 Å². The maximum Gasteiger partial charge on any atom is 0.416 e. The number of aryl methyl sites for hydroxylation is 1. The van der Waals surface area contributed by atoms with Crippen LogP contribution in [0, 0.1) is 0 Å². The van der Waals surface area contributed by atoms with Gasteiger partial charge >= 0.3 is 6.18 Å². The molecule has 0 radical (unpaired) electrons. The van der Waals surface area contributed by atoms with Crippen LogP contribution in [-0.4, -0.2) is 9.55 Å². The van der Waals surface area contributed by atoms with Crippen LogP contribution in [0.3, 0.4) is 0 Å². The molecule has 0 unspecified atom stereocenters. The van der Waals surface area contributed by atoms with Crippen molar-refractivity contribution in [2.45, 2.75) is 6.18 Å². The van der Waals surface area contributed by atoms with Crippen molar-refractivity contribution in [3.05, 3.63) is 66.2 Å². The molecule has 0 aliphatic rings. The van der Waals surface area contributed by atoms with Crippen molar-refractivity contribution >= 4 is 11.0 Å². The Hall–Kier alpha value is -3.02. The molecular formula is C19H13F3N2O. The van der Waals surface area contributed by atoms with Crippen LogP contribution >= 0.6 is 0 Å². The molecule has 6 heteroatoms. The largest absolute Gasteiger partial charge is 0.453 e. The fraction of sp³-hybridized carbons (Fsp3) is 0.105. The molecule has 2 aromatic carbocycles. The Morgan fingerprint density at radius 2 is 1.64 bits per heavy atom. The molecule has 0 saturated carbocycles. The van der Waals surface area contributed by atoms with Crippen molar-refractivity contribution in [1.82, 2.24) is 9.55 Å². The van der Waals surface area contributed by atoms with E-state index in [0.29, 0.717) is 28.4 Å². The van der Waals surface area contributed by atoms with Crippen LogP contribution in [0.1, 0.15) is 5.56 Å². The third kappa shape index (κ3) is 2.69. The molecule has 25 heavy (non-hydrogen) atoms. The summed E-state index contributed by atoms with van der Waals surface area (Å²) in [6.07, 6.45) is -4.39. The van der Waals surface area contributed by atoms with E-state index in [1.165, 1.54) is 6.07 Å². The number of imidazole rings is 1. The van der Waals surface area contributed by atoms with Crippen molar-refractivity contribution in [2.24, 2.45) is 7.05 Å². The van der Waals surface area contributed by atoms with Crippen LogP contribution in [0.5, 0.6) is 0 Å². The number of fused-ring (bicyclic) bond motifs is 1. The van der Waals surface area contributed by atoms with Gasteiger partial charge in [-0.3, -0.25) is 0 Å². The van der Waals surface area contributed by atoms with Crippen molar-refractivity contribution in [3.8, 4) is 22.9 Å². The number of benzene rings is 2. The van der Waals surface area contributed by atoms with Gasteiger partial charge in [-0.2, -0.15) is 13.2 Å². The monoisotopic (exact) mass is 342 g/mol. The van der Waals surface area contributed by atoms with Crippen molar-refractivity contribution in [2.75, 3.05) is 0 Å². The summed E-state index contributed by atoms with van der Waals surface area (Å²) < 4.78 is 46.2. The minimum absolute atomic E-state index is 0.405. The van der Waals surface area contributed by atoms with Crippen LogP contribution in [0.4, 0.5) is 13.2 Å². The van der Waals surface area contributed by atoms with Gasteiger partial charge in [-0.1, -0.05) is 30.3 Å². The maximum absolute atomic E-state index is 12.9. The van der Waals surface area contributed by atoms with Crippen molar-refractivity contribution in [1.29, 1.82) is 0 Å². The van der Waals surface area contributed by atoms with Gasteiger partial charge in [0.15, 0.2) is 11.6 Å². The lowest BCUT2D eigenvalue weighted by atomic mass is 10.2. The molecule has 0 bridgehead atoms. The zero-order chi connectivity index (χ0) is 17.6. The third-order valence-electron chi connectivity index (χ3n) is 4.09. The van der Waals surface area contributed by atoms with E-state index in [4.69, 9.17) is 4.42 Å². The zero-order valence-electron chi connectivity index (χ0n) is 13.2. The number of aromatic nitrogens is 2. The minimum Gasteiger partial charge on any atom is -0.453 e. The summed E-state index contributed by atoms with van der Waals surface area (Å²) in [4.78, 5) is 4.41. The van der Waals surface area contributed by atoms with Gasteiger partial charge in [0.2, 0.25) is 0 Å². The Balaban J connectivity index is 1.80. The summed E-state index contributed by atoms with van der Waals surface area (Å²) in [6, 6.07) is 16.7. The molecule has 4 aromatic rings. The predicted molar refractivity (Wildman–Crippen MR) is 88.9 cm³/mol. The van der Waals surface area contributed by atoms with Gasteiger partial charge in [-0.25, -0.2) is 4.98 Å². The summed E-state index contributed by atoms with van der Waals surface area (Å²) in [6.45, 7) is 0. The van der Waals surface area contributed by atoms with E-state index < -0.39 is 11.7 Å². The molecule has 2 aromatic heterocycles. The van der Waals surface area contributed by atoms with Crippen LogP contribution in [0.25, 0.3) is 33.9 Å². The van der Waals surface area contributed by atoms with Crippen molar-refractivity contribution in [3.63, 3.8) is 0 Å². The molecule has 0 saturated heterocycles. The van der Waals surface area contributed by atoms with E-state index >= 15 is 0 Å². The molecule has 2 heterocycles. The molecule has 0 aliphatic carbocycles. The minimum atomic E-state index is -4.39. The summed E-state index contributed by atoms with van der Waals surface area (Å²) in [5.41, 5.74) is 1.12. The lowest BCUT2D eigenvalue weighted by Crippen LogP contribution is -2.04. The summed E-state index contributed by atoms with van der Waals surface area (Å²) in [5, 5.41) is 0. The fourth-order valence-electron chi connectivity index (χ4n) is 2.80. The van der Waals surface area contributed by atoms with Gasteiger partial charge in [-0.15, -0.1) is 0 Å². The van der Waals surface area contributed by atoms with Crippen LogP contribution in [0.15, 0.2) is 65.1 Å². The third-order valence-corrected chi connectivity index (χ3v) is 4.09. The first-order valence-electron chi connectivity index (χ1n) is 7.63. The number of halogens is 3. The molecule has 3 nitrogen and oxygen atoms in total. The Kier molecular flexibility index (Phi) is 3.42. The second-order valence-corrected chi connectivity index (χ2v) is 5.73. The lowest BCUT2D eigenvalue weighted by molar-refractivity contribution is -0.137. The molecule has 0 amide bonds. The molecular weight excluding hydrogens is 329 g/mol. The quantitative estimate of drug-likeness (QED) is 0.480. The Morgan fingerprint density at radius 3 is 2.36 bits per heavy atom. The highest BCUT2D eigenvalue weighted by atomic mass is 19.4. The summed E-state index contributed by atoms with van der Waals surface area (Å²) in [7, 11) is 1.68. The highest BCUT2D eigenvalue weighted by Crippen LogP contribution is 2.34. The Labute approximate surface area is 141 Å². The van der Waals surface area contributed by atoms with E-state index in [0.717, 1.165) is 17.7 Å². The van der Waals surface area contributed by atoms with E-state index in [1.807, 2.05) is 36.4 Å². The molecule has 0 atom stereocenters. The number of hydrogen-bond acceptors (Lipinski definition) is 2. The first-order valence-corrected chi connectivity index (χ1v) is 7.63. The van der Waals surface area contributed by atoms with Crippen LogP contribution in [0.2, 0.25) is 0 Å². The smallest absolute Gasteiger partial charge is 0.416 e. The molecule has 0 aliphatic heterocycles. The van der Waals surface area contributed by atoms with E-state index in [2.05, 4.69) is 4.98 Å². The molecule has 126 valence electrons. The average Bonchev–Trinajstić information content (AvgIpc) is 3.20. The molecule has 0 spiro atoms. The summed E-state index contributed by atoms with van der Waals surface area (Å²) >= 11 is 0. The second-order valence-electron chi connectivity index (χ2n) is 5.73. The number of furan rings is 1. The zero-order valence-corrected chi connectivity index (χ0v) is 13.2. The first kappa shape index (κ1) is 15.5. The molecule has 4 rings (SSSR count). The molecule has 0 N–H and O–H groups in total. The highest BCUT2D eigenvalue weighted by Gasteiger charge is 2.31. The van der Waals surface area contributed by atoms with Gasteiger partial charge in [0, 0.05) is 12.6 Å². The SMILES string of the molecule is Cn1c(-c2ccc(-c3ccccc3)o2)nc2ccc(C(F)(F)F)cc21. The number of alkyl halides is 3. The Morgan fingerprint density at radius 1 is 0.920 bits per heavy atom. The maximum atomic E-state index is 12.9. The number of rotatable bonds is 2. The van der Waals surface area contributed by atoms with Crippen LogP contribution in [-0.2, 0) is 13.2 Å². The van der Waals surface area contributed by atoms with E-state index in [1.54, 1.807) is 17.7 Å². The number of nitrogens with zero attached hydrogens (tertiary/aromatic N) is 2. The number of hydrogen-bond donors (Lipinski definition) is 0. The lowest BCUT2D eigenvalue weighted by Gasteiger charge is -2.06. The topological polar surface area (TPSA) is 31.0 Å². The van der Waals surface area contributed by atoms with Gasteiger partial charge in [0.25, 0.3) is 0 Å². The second kappa shape index (κ2) is 5.51. The van der Waals surface area contributed by atoms with Gasteiger partial charge in [0.1, 0.15) is 5.76 Å². The van der Waals surface area contributed by atoms with Gasteiger partial charge in [0.05, 0.1) is 16.6 Å². The highest BCUT2D eigenvalue weighted by molar-refractivity contribution is 5.81. The van der Waals surface area contributed by atoms with Crippen molar-refractivity contribution < 1.29 is 17.6 Å². The van der Waals surface area contributed by atoms with Crippen LogP contribution < -0.4 is 0 Å². The first-order chi connectivity index (χ1) is 11.9. The average molecular weight is 342 g/mol. The van der Waals surface area contributed by atoms with E-state index in [9.17, 15) is 13.2 Å². The fourth-order valence-corrected chi connectivity index (χ4v) is 2.80. The van der Waals surface area contributed by atoms with Gasteiger partial charge < -0.3 is 8.98 Å². The molecule has 0 fully saturated rings. The Bertz CT molecular complexity index is 1050. The van der Waals surface area contributed by atoms with Gasteiger partial charge in [-0.05, 0) is 30.3 Å². The predicted octanol–water partition coefficient (Wildman–Crippen LogP) is 5.52. The summed E-state index contributed by atoms with van der Waals surface area (Å²) in [5.74, 6) is 1.67. The standard InChI is InChI=1S/C19H13F3N2O/c1-24-15-11-13(19(20,21)22)7-8-14(15)23-18(24)17-10-9-16(25-17)12-5-3-2-4-6-12/h2-11H,1H3. The normalized spacial score (nSPS) is 12.0.